The van der Waals surface area contributed by atoms with E-state index < -0.39 is 23.9 Å². The number of hydrogen-bond acceptors (Lipinski definition) is 5. The van der Waals surface area contributed by atoms with Gasteiger partial charge >= 0.3 is 0 Å². The number of ketones is 1. The Bertz CT molecular complexity index is 891. The van der Waals surface area contributed by atoms with E-state index in [1.807, 2.05) is 0 Å². The van der Waals surface area contributed by atoms with Crippen molar-refractivity contribution in [3.63, 3.8) is 0 Å². The van der Waals surface area contributed by atoms with Crippen molar-refractivity contribution in [1.82, 2.24) is 0 Å². The van der Waals surface area contributed by atoms with Gasteiger partial charge in [-0.25, -0.2) is 0 Å². The van der Waals surface area contributed by atoms with Crippen molar-refractivity contribution in [3.8, 4) is 0 Å². The number of aliphatic hydroxyl groups is 3. The van der Waals surface area contributed by atoms with Crippen LogP contribution in [0, 0.1) is 51.2 Å². The molecule has 5 nitrogen and oxygen atoms in total. The molecule has 34 heavy (non-hydrogen) atoms. The third-order valence-electron chi connectivity index (χ3n) is 13.1. The molecule has 6 aliphatic rings. The van der Waals surface area contributed by atoms with Crippen LogP contribution in [0.2, 0.25) is 0 Å². The monoisotopic (exact) mass is 474 g/mol. The topological polar surface area (TPSA) is 87.0 Å². The standard InChI is InChI=1S/C29H46O5/c1-15-28-14-13-27(6)17-7-9-18(24(32)26(4,5)33)34-23(17)22(31)21(27)16(28)8-10-19-25(2,3)20(30)11-12-29(15,19)28/h15-21,23-24,30,32-33H,7-14H2,1-6H3/t15-,16?,17?,18?,19?,20-,21?,23?,24-,27+,28-,29+/m0/s1. The van der Waals surface area contributed by atoms with Crippen molar-refractivity contribution < 1.29 is 24.9 Å². The van der Waals surface area contributed by atoms with E-state index in [1.54, 1.807) is 13.8 Å². The average molecular weight is 475 g/mol. The second-order valence-electron chi connectivity index (χ2n) is 14.7. The minimum atomic E-state index is -1.24. The lowest BCUT2D eigenvalue weighted by Crippen LogP contribution is -2.55. The Morgan fingerprint density at radius 2 is 1.65 bits per heavy atom. The van der Waals surface area contributed by atoms with E-state index in [1.165, 1.54) is 6.42 Å². The first kappa shape index (κ1) is 23.9. The van der Waals surface area contributed by atoms with Crippen LogP contribution in [0.1, 0.15) is 92.9 Å². The lowest BCUT2D eigenvalue weighted by molar-refractivity contribution is -0.180. The summed E-state index contributed by atoms with van der Waals surface area (Å²) in [6.07, 6.45) is 5.98. The van der Waals surface area contributed by atoms with E-state index in [0.717, 1.165) is 38.5 Å². The zero-order chi connectivity index (χ0) is 24.6. The SMILES string of the molecule is C[C@@H]1[C@]23CC[C@H](O)C(C)(C)C2CCC2C4C(=O)C5OC([C@H](O)C(C)(C)O)CCC5[C@@]4(C)CC[C@@]213. The van der Waals surface area contributed by atoms with Gasteiger partial charge in [-0.05, 0) is 111 Å². The molecule has 5 saturated carbocycles. The van der Waals surface area contributed by atoms with E-state index in [4.69, 9.17) is 4.74 Å². The minimum absolute atomic E-state index is 0.0254. The van der Waals surface area contributed by atoms with Gasteiger partial charge in [0.05, 0.1) is 17.8 Å². The molecule has 6 fully saturated rings. The second kappa shape index (κ2) is 6.88. The van der Waals surface area contributed by atoms with E-state index >= 15 is 0 Å². The van der Waals surface area contributed by atoms with Crippen molar-refractivity contribution in [2.24, 2.45) is 51.2 Å². The van der Waals surface area contributed by atoms with Gasteiger partial charge < -0.3 is 20.1 Å². The molecule has 0 aromatic rings. The molecule has 192 valence electrons. The number of carbonyl (C=O) groups is 1. The molecule has 0 radical (unpaired) electrons. The van der Waals surface area contributed by atoms with Gasteiger partial charge in [0.15, 0.2) is 5.78 Å². The molecule has 6 unspecified atom stereocenters. The molecule has 6 rings (SSSR count). The summed E-state index contributed by atoms with van der Waals surface area (Å²) >= 11 is 0. The number of ether oxygens (including phenoxy) is 1. The summed E-state index contributed by atoms with van der Waals surface area (Å²) in [5.74, 6) is 2.14. The predicted octanol–water partition coefficient (Wildman–Crippen LogP) is 4.11. The zero-order valence-electron chi connectivity index (χ0n) is 22.0. The zero-order valence-corrected chi connectivity index (χ0v) is 22.0. The van der Waals surface area contributed by atoms with Gasteiger partial charge in [-0.2, -0.15) is 0 Å². The molecule has 0 amide bonds. The Morgan fingerprint density at radius 3 is 2.32 bits per heavy atom. The maximum atomic E-state index is 14.1. The van der Waals surface area contributed by atoms with Crippen molar-refractivity contribution in [2.75, 3.05) is 0 Å². The molecular weight excluding hydrogens is 428 g/mol. The third-order valence-corrected chi connectivity index (χ3v) is 13.1. The number of carbonyl (C=O) groups excluding carboxylic acids is 1. The summed E-state index contributed by atoms with van der Waals surface area (Å²) in [5, 5.41) is 31.9. The number of fused-ring (bicyclic) bond motifs is 4. The van der Waals surface area contributed by atoms with Crippen LogP contribution in [0.15, 0.2) is 0 Å². The van der Waals surface area contributed by atoms with Crippen LogP contribution in [0.4, 0.5) is 0 Å². The number of hydrogen-bond donors (Lipinski definition) is 3. The molecular formula is C29H46O5. The first-order chi connectivity index (χ1) is 15.7. The summed E-state index contributed by atoms with van der Waals surface area (Å²) in [4.78, 5) is 14.1. The number of Topliss-reactive ketones (excluding diaryl/α,β-unsaturated/α-hetero) is 1. The molecule has 0 aromatic carbocycles. The third kappa shape index (κ3) is 2.54. The fraction of sp³-hybridized carbons (Fsp3) is 0.966. The van der Waals surface area contributed by atoms with Crippen LogP contribution in [-0.2, 0) is 9.53 Å². The van der Waals surface area contributed by atoms with Crippen LogP contribution >= 0.6 is 0 Å². The first-order valence-corrected chi connectivity index (χ1v) is 14.0. The van der Waals surface area contributed by atoms with Gasteiger partial charge in [-0.15, -0.1) is 0 Å². The van der Waals surface area contributed by atoms with Gasteiger partial charge in [0.25, 0.3) is 0 Å². The van der Waals surface area contributed by atoms with Gasteiger partial charge in [0.1, 0.15) is 12.2 Å². The fourth-order valence-corrected chi connectivity index (χ4v) is 11.5. The summed E-state index contributed by atoms with van der Waals surface area (Å²) in [6, 6.07) is 0. The number of rotatable bonds is 2. The van der Waals surface area contributed by atoms with Crippen molar-refractivity contribution in [2.45, 2.75) is 123 Å². The molecule has 1 aliphatic heterocycles. The van der Waals surface area contributed by atoms with Crippen molar-refractivity contribution >= 4 is 5.78 Å². The molecule has 0 bridgehead atoms. The molecule has 1 heterocycles. The van der Waals surface area contributed by atoms with Crippen LogP contribution in [0.3, 0.4) is 0 Å². The Balaban J connectivity index is 1.33. The van der Waals surface area contributed by atoms with E-state index in [9.17, 15) is 20.1 Å². The summed E-state index contributed by atoms with van der Waals surface area (Å²) in [6.45, 7) is 12.6. The highest BCUT2D eigenvalue weighted by Crippen LogP contribution is 2.89. The quantitative estimate of drug-likeness (QED) is 0.561. The van der Waals surface area contributed by atoms with Crippen LogP contribution < -0.4 is 0 Å². The molecule has 1 saturated heterocycles. The van der Waals surface area contributed by atoms with Gasteiger partial charge in [-0.3, -0.25) is 4.79 Å². The molecule has 5 aliphatic carbocycles. The Hall–Kier alpha value is -0.490. The molecule has 0 aromatic heterocycles. The minimum Gasteiger partial charge on any atom is -0.393 e. The van der Waals surface area contributed by atoms with Crippen LogP contribution in [0.5, 0.6) is 0 Å². The summed E-state index contributed by atoms with van der Waals surface area (Å²) in [5.41, 5.74) is -0.797. The summed E-state index contributed by atoms with van der Waals surface area (Å²) in [7, 11) is 0. The van der Waals surface area contributed by atoms with Crippen LogP contribution in [-0.4, -0.2) is 51.1 Å². The number of aliphatic hydroxyl groups excluding tert-OH is 2. The van der Waals surface area contributed by atoms with Gasteiger partial charge in [0.2, 0.25) is 0 Å². The van der Waals surface area contributed by atoms with E-state index in [0.29, 0.717) is 24.2 Å². The molecule has 5 heteroatoms. The predicted molar refractivity (Wildman–Crippen MR) is 129 cm³/mol. The highest BCUT2D eigenvalue weighted by Gasteiger charge is 2.85. The van der Waals surface area contributed by atoms with E-state index in [-0.39, 0.29) is 45.4 Å². The van der Waals surface area contributed by atoms with Gasteiger partial charge in [0, 0.05) is 5.92 Å². The van der Waals surface area contributed by atoms with Crippen molar-refractivity contribution in [3.05, 3.63) is 0 Å². The second-order valence-corrected chi connectivity index (χ2v) is 14.7. The average Bonchev–Trinajstić information content (AvgIpc) is 3.21. The Kier molecular flexibility index (Phi) is 4.83. The largest absolute Gasteiger partial charge is 0.393 e. The molecule has 2 spiro atoms. The van der Waals surface area contributed by atoms with Crippen molar-refractivity contribution in [1.29, 1.82) is 0 Å². The lowest BCUT2D eigenvalue weighted by Gasteiger charge is -2.58. The lowest BCUT2D eigenvalue weighted by atomic mass is 9.46. The van der Waals surface area contributed by atoms with Crippen LogP contribution in [0.25, 0.3) is 0 Å². The molecule has 12 atom stereocenters. The highest BCUT2D eigenvalue weighted by molar-refractivity contribution is 5.90. The maximum absolute atomic E-state index is 14.1. The molecule has 3 N–H and O–H groups in total. The Morgan fingerprint density at radius 1 is 0.971 bits per heavy atom. The maximum Gasteiger partial charge on any atom is 0.165 e. The smallest absolute Gasteiger partial charge is 0.165 e. The highest BCUT2D eigenvalue weighted by atomic mass is 16.5. The van der Waals surface area contributed by atoms with E-state index in [2.05, 4.69) is 27.7 Å². The normalized spacial score (nSPS) is 56.4. The van der Waals surface area contributed by atoms with Gasteiger partial charge in [-0.1, -0.05) is 27.7 Å². The fourth-order valence-electron chi connectivity index (χ4n) is 11.5. The summed E-state index contributed by atoms with van der Waals surface area (Å²) < 4.78 is 6.38. The Labute approximate surface area is 205 Å². The first-order valence-electron chi connectivity index (χ1n) is 14.0.